The van der Waals surface area contributed by atoms with Crippen LogP contribution in [-0.2, 0) is 14.3 Å². The summed E-state index contributed by atoms with van der Waals surface area (Å²) in [5.74, 6) is -0.0291. The maximum absolute atomic E-state index is 12.5. The van der Waals surface area contributed by atoms with Crippen LogP contribution in [0.4, 0.5) is 0 Å². The van der Waals surface area contributed by atoms with Gasteiger partial charge in [0.05, 0.1) is 25.4 Å². The summed E-state index contributed by atoms with van der Waals surface area (Å²) in [6, 6.07) is -0.546. The molecule has 0 aliphatic carbocycles. The van der Waals surface area contributed by atoms with Crippen LogP contribution in [0.2, 0.25) is 0 Å². The number of hydrogen-bond donors (Lipinski definition) is 3. The molecule has 0 saturated heterocycles. The number of aliphatic hydroxyl groups is 2. The van der Waals surface area contributed by atoms with E-state index >= 15 is 0 Å². The average molecular weight is 947 g/mol. The molecule has 0 saturated carbocycles. The van der Waals surface area contributed by atoms with Crippen LogP contribution < -0.4 is 5.32 Å². The largest absolute Gasteiger partial charge is 0.466 e. The van der Waals surface area contributed by atoms with Gasteiger partial charge < -0.3 is 20.3 Å². The first-order valence-electron chi connectivity index (χ1n) is 30.4. The number of esters is 1. The fourth-order valence-corrected chi connectivity index (χ4v) is 9.64. The SMILES string of the molecule is CCCCCCCCCCCCCCCCCC(=O)OCCCCCCCCCCCC/C=C\CCCCCCCCCC(=O)NC(CO)C(O)CCCCCCCCCCCCCCCC. The first-order valence-corrected chi connectivity index (χ1v) is 30.4. The number of nitrogens with one attached hydrogen (secondary N) is 1. The van der Waals surface area contributed by atoms with Crippen molar-refractivity contribution < 1.29 is 24.5 Å². The molecule has 6 nitrogen and oxygen atoms in total. The highest BCUT2D eigenvalue weighted by Gasteiger charge is 2.20. The Morgan fingerprint density at radius 3 is 1.06 bits per heavy atom. The van der Waals surface area contributed by atoms with E-state index in [2.05, 4.69) is 31.3 Å². The molecule has 0 fully saturated rings. The number of rotatable bonds is 57. The van der Waals surface area contributed by atoms with Crippen molar-refractivity contribution in [2.45, 2.75) is 353 Å². The Balaban J connectivity index is 3.40. The second kappa shape index (κ2) is 57.2. The van der Waals surface area contributed by atoms with E-state index in [1.54, 1.807) is 0 Å². The number of allylic oxidation sites excluding steroid dienone is 2. The second-order valence-electron chi connectivity index (χ2n) is 21.0. The van der Waals surface area contributed by atoms with E-state index < -0.39 is 12.1 Å². The summed E-state index contributed by atoms with van der Waals surface area (Å²) >= 11 is 0. The third-order valence-electron chi connectivity index (χ3n) is 14.3. The standard InChI is InChI=1S/C61H119NO5/c1-3-5-7-9-11-13-15-17-26-31-35-39-43-47-51-55-61(66)67-56-52-48-44-40-36-32-28-25-23-21-19-20-22-24-27-30-34-38-42-46-50-54-60(65)62-58(57-63)59(64)53-49-45-41-37-33-29-18-16-14-12-10-8-6-4-2/h20,22,58-59,63-64H,3-19,21,23-57H2,1-2H3,(H,62,65)/b22-20-. The van der Waals surface area contributed by atoms with Crippen LogP contribution in [0.15, 0.2) is 12.2 Å². The van der Waals surface area contributed by atoms with E-state index in [-0.39, 0.29) is 18.5 Å². The lowest BCUT2D eigenvalue weighted by molar-refractivity contribution is -0.143. The Bertz CT molecular complexity index is 1000. The predicted molar refractivity (Wildman–Crippen MR) is 292 cm³/mol. The van der Waals surface area contributed by atoms with Gasteiger partial charge in [-0.1, -0.05) is 289 Å². The maximum atomic E-state index is 12.5. The highest BCUT2D eigenvalue weighted by atomic mass is 16.5. The maximum Gasteiger partial charge on any atom is 0.305 e. The monoisotopic (exact) mass is 946 g/mol. The minimum atomic E-state index is -0.668. The van der Waals surface area contributed by atoms with Gasteiger partial charge in [0.2, 0.25) is 5.91 Å². The summed E-state index contributed by atoms with van der Waals surface area (Å²) in [6.45, 7) is 4.97. The van der Waals surface area contributed by atoms with Gasteiger partial charge in [0.25, 0.3) is 0 Å². The molecule has 0 aromatic rings. The van der Waals surface area contributed by atoms with Crippen LogP contribution in [0.3, 0.4) is 0 Å². The molecule has 2 atom stereocenters. The summed E-state index contributed by atoms with van der Waals surface area (Å²) < 4.78 is 5.49. The molecule has 0 bridgehead atoms. The Morgan fingerprint density at radius 2 is 0.701 bits per heavy atom. The van der Waals surface area contributed by atoms with Crippen molar-refractivity contribution in [2.24, 2.45) is 0 Å². The molecule has 6 heteroatoms. The molecule has 67 heavy (non-hydrogen) atoms. The van der Waals surface area contributed by atoms with Crippen LogP contribution in [0.5, 0.6) is 0 Å². The molecule has 0 aliphatic rings. The molecule has 0 aromatic heterocycles. The fourth-order valence-electron chi connectivity index (χ4n) is 9.64. The smallest absolute Gasteiger partial charge is 0.305 e. The van der Waals surface area contributed by atoms with Crippen LogP contribution in [-0.4, -0.2) is 47.4 Å². The molecule has 0 spiro atoms. The van der Waals surface area contributed by atoms with Crippen molar-refractivity contribution in [2.75, 3.05) is 13.2 Å². The van der Waals surface area contributed by atoms with Gasteiger partial charge in [0.1, 0.15) is 0 Å². The zero-order chi connectivity index (χ0) is 48.6. The Hall–Kier alpha value is -1.40. The first-order chi connectivity index (χ1) is 33.0. The summed E-state index contributed by atoms with van der Waals surface area (Å²) in [4.78, 5) is 24.5. The normalized spacial score (nSPS) is 12.6. The molecule has 398 valence electrons. The predicted octanol–water partition coefficient (Wildman–Crippen LogP) is 18.9. The summed E-state index contributed by atoms with van der Waals surface area (Å²) in [5.41, 5.74) is 0. The van der Waals surface area contributed by atoms with Gasteiger partial charge in [0, 0.05) is 12.8 Å². The molecule has 1 amide bonds. The lowest BCUT2D eigenvalue weighted by atomic mass is 10.0. The highest BCUT2D eigenvalue weighted by molar-refractivity contribution is 5.76. The number of ether oxygens (including phenoxy) is 1. The van der Waals surface area contributed by atoms with E-state index in [1.807, 2.05) is 0 Å². The molecular formula is C61H119NO5. The Morgan fingerprint density at radius 1 is 0.403 bits per heavy atom. The number of carbonyl (C=O) groups is 2. The van der Waals surface area contributed by atoms with Gasteiger partial charge >= 0.3 is 5.97 Å². The van der Waals surface area contributed by atoms with Gasteiger partial charge in [0.15, 0.2) is 0 Å². The molecule has 2 unspecified atom stereocenters. The van der Waals surface area contributed by atoms with Gasteiger partial charge in [-0.3, -0.25) is 9.59 Å². The molecular weight excluding hydrogens is 827 g/mol. The number of hydrogen-bond acceptors (Lipinski definition) is 5. The molecule has 3 N–H and O–H groups in total. The van der Waals surface area contributed by atoms with Gasteiger partial charge in [-0.2, -0.15) is 0 Å². The minimum absolute atomic E-state index is 0.0117. The van der Waals surface area contributed by atoms with E-state index in [4.69, 9.17) is 4.74 Å². The highest BCUT2D eigenvalue weighted by Crippen LogP contribution is 2.18. The van der Waals surface area contributed by atoms with Crippen molar-refractivity contribution in [1.82, 2.24) is 5.32 Å². The lowest BCUT2D eigenvalue weighted by Gasteiger charge is -2.22. The van der Waals surface area contributed by atoms with Gasteiger partial charge in [-0.05, 0) is 51.4 Å². The van der Waals surface area contributed by atoms with Crippen molar-refractivity contribution in [3.63, 3.8) is 0 Å². The van der Waals surface area contributed by atoms with E-state index in [0.29, 0.717) is 25.9 Å². The minimum Gasteiger partial charge on any atom is -0.466 e. The van der Waals surface area contributed by atoms with Gasteiger partial charge in [-0.25, -0.2) is 0 Å². The summed E-state index contributed by atoms with van der Waals surface area (Å²) in [5, 5.41) is 23.3. The van der Waals surface area contributed by atoms with Crippen LogP contribution >= 0.6 is 0 Å². The van der Waals surface area contributed by atoms with E-state index in [9.17, 15) is 19.8 Å². The topological polar surface area (TPSA) is 95.9 Å². The third-order valence-corrected chi connectivity index (χ3v) is 14.3. The zero-order valence-electron chi connectivity index (χ0n) is 45.4. The van der Waals surface area contributed by atoms with Crippen molar-refractivity contribution in [1.29, 1.82) is 0 Å². The van der Waals surface area contributed by atoms with Crippen LogP contribution in [0.25, 0.3) is 0 Å². The molecule has 0 aromatic carbocycles. The average Bonchev–Trinajstić information content (AvgIpc) is 3.33. The lowest BCUT2D eigenvalue weighted by Crippen LogP contribution is -2.45. The number of unbranched alkanes of at least 4 members (excludes halogenated alkanes) is 44. The Kier molecular flexibility index (Phi) is 56.0. The molecule has 0 heterocycles. The van der Waals surface area contributed by atoms with Crippen molar-refractivity contribution in [3.05, 3.63) is 12.2 Å². The van der Waals surface area contributed by atoms with Crippen LogP contribution in [0, 0.1) is 0 Å². The summed E-state index contributed by atoms with van der Waals surface area (Å²) in [7, 11) is 0. The van der Waals surface area contributed by atoms with Gasteiger partial charge in [-0.15, -0.1) is 0 Å². The summed E-state index contributed by atoms with van der Waals surface area (Å²) in [6.07, 6.45) is 67.8. The third kappa shape index (κ3) is 53.8. The zero-order valence-corrected chi connectivity index (χ0v) is 45.4. The first kappa shape index (κ1) is 65.6. The quantitative estimate of drug-likeness (QED) is 0.0321. The Labute approximate surface area is 419 Å². The molecule has 0 rings (SSSR count). The van der Waals surface area contributed by atoms with E-state index in [1.165, 1.54) is 270 Å². The molecule has 0 radical (unpaired) electrons. The van der Waals surface area contributed by atoms with Crippen LogP contribution in [0.1, 0.15) is 341 Å². The molecule has 0 aliphatic heterocycles. The van der Waals surface area contributed by atoms with Crippen molar-refractivity contribution in [3.8, 4) is 0 Å². The number of carbonyl (C=O) groups excluding carboxylic acids is 2. The number of amides is 1. The fraction of sp³-hybridized carbons (Fsp3) is 0.934. The number of aliphatic hydroxyl groups excluding tert-OH is 2. The van der Waals surface area contributed by atoms with Crippen molar-refractivity contribution >= 4 is 11.9 Å². The second-order valence-corrected chi connectivity index (χ2v) is 21.0. The van der Waals surface area contributed by atoms with E-state index in [0.717, 1.165) is 38.5 Å².